The Labute approximate surface area is 206 Å². The molecule has 2 heterocycles. The lowest BCUT2D eigenvalue weighted by molar-refractivity contribution is -0.142. The van der Waals surface area contributed by atoms with Crippen LogP contribution in [0.3, 0.4) is 0 Å². The third kappa shape index (κ3) is 4.64. The maximum absolute atomic E-state index is 13.6. The van der Waals surface area contributed by atoms with Gasteiger partial charge in [0.2, 0.25) is 0 Å². The van der Waals surface area contributed by atoms with Gasteiger partial charge in [0.15, 0.2) is 9.84 Å². The molecule has 2 aromatic carbocycles. The zero-order valence-electron chi connectivity index (χ0n) is 19.7. The van der Waals surface area contributed by atoms with E-state index in [1.807, 2.05) is 0 Å². The average molecular weight is 524 g/mol. The van der Waals surface area contributed by atoms with Crippen LogP contribution in [0.2, 0.25) is 0 Å². The number of alkyl halides is 3. The number of carbonyl (C=O) groups is 1. The van der Waals surface area contributed by atoms with E-state index in [0.717, 1.165) is 18.2 Å². The first-order valence-electron chi connectivity index (χ1n) is 10.9. The van der Waals surface area contributed by atoms with E-state index in [1.54, 1.807) is 37.3 Å². The van der Waals surface area contributed by atoms with Gasteiger partial charge in [0.05, 0.1) is 41.3 Å². The summed E-state index contributed by atoms with van der Waals surface area (Å²) in [6, 6.07) is 11.6. The number of rotatable bonds is 6. The summed E-state index contributed by atoms with van der Waals surface area (Å²) < 4.78 is 79.4. The number of carbonyl (C=O) groups excluding carboxylic acids is 1. The average Bonchev–Trinajstić information content (AvgIpc) is 3.47. The van der Waals surface area contributed by atoms with Gasteiger partial charge in [0.1, 0.15) is 17.6 Å². The van der Waals surface area contributed by atoms with Gasteiger partial charge in [-0.1, -0.05) is 18.2 Å². The Bertz CT molecular complexity index is 1390. The number of sulfone groups is 1. The summed E-state index contributed by atoms with van der Waals surface area (Å²) in [5, 5.41) is 3.19. The second kappa shape index (κ2) is 9.49. The van der Waals surface area contributed by atoms with Gasteiger partial charge in [-0.3, -0.25) is 0 Å². The van der Waals surface area contributed by atoms with Gasteiger partial charge in [-0.2, -0.15) is 18.3 Å². The molecule has 0 aliphatic carbocycles. The standard InChI is InChI=1S/C24H24F3N3O5S/c1-15-11-22(30(28-15)16-7-6-8-17(12-16)34-2)29-14-18(13-20(29)23(31)35-3)36(32,33)21-10-5-4-9-19(21)24(25,26)27/h4-12,18,20H,13-14H2,1-3H3/t18-,20?/m1/s1. The van der Waals surface area contributed by atoms with Crippen molar-refractivity contribution in [2.75, 3.05) is 25.7 Å². The van der Waals surface area contributed by atoms with E-state index in [9.17, 15) is 26.4 Å². The van der Waals surface area contributed by atoms with Gasteiger partial charge < -0.3 is 14.4 Å². The van der Waals surface area contributed by atoms with Crippen molar-refractivity contribution in [3.8, 4) is 11.4 Å². The Morgan fingerprint density at radius 3 is 2.47 bits per heavy atom. The second-order valence-electron chi connectivity index (χ2n) is 8.35. The lowest BCUT2D eigenvalue weighted by Crippen LogP contribution is -2.38. The maximum atomic E-state index is 13.6. The summed E-state index contributed by atoms with van der Waals surface area (Å²) in [5.41, 5.74) is -0.0599. The first-order chi connectivity index (χ1) is 17.0. The van der Waals surface area contributed by atoms with E-state index < -0.39 is 43.7 Å². The number of aryl methyl sites for hydroxylation is 1. The highest BCUT2D eigenvalue weighted by atomic mass is 32.2. The van der Waals surface area contributed by atoms with Crippen LogP contribution in [0.4, 0.5) is 19.0 Å². The topological polar surface area (TPSA) is 90.7 Å². The third-order valence-corrected chi connectivity index (χ3v) is 8.27. The monoisotopic (exact) mass is 523 g/mol. The molecule has 0 amide bonds. The minimum Gasteiger partial charge on any atom is -0.497 e. The van der Waals surface area contributed by atoms with Crippen LogP contribution in [0, 0.1) is 6.92 Å². The normalized spacial score (nSPS) is 18.3. The summed E-state index contributed by atoms with van der Waals surface area (Å²) in [7, 11) is -1.79. The highest BCUT2D eigenvalue weighted by molar-refractivity contribution is 7.92. The van der Waals surface area contributed by atoms with Crippen LogP contribution in [-0.2, 0) is 25.5 Å². The highest BCUT2D eigenvalue weighted by Crippen LogP contribution is 2.39. The van der Waals surface area contributed by atoms with E-state index in [4.69, 9.17) is 9.47 Å². The summed E-state index contributed by atoms with van der Waals surface area (Å²) in [5.74, 6) is 0.257. The molecule has 1 aromatic heterocycles. The molecular formula is C24H24F3N3O5S. The van der Waals surface area contributed by atoms with Crippen molar-refractivity contribution in [1.82, 2.24) is 9.78 Å². The Kier molecular flexibility index (Phi) is 6.74. The molecule has 1 aliphatic rings. The molecule has 3 aromatic rings. The molecule has 192 valence electrons. The van der Waals surface area contributed by atoms with Crippen molar-refractivity contribution < 1.29 is 35.9 Å². The minimum absolute atomic E-state index is 0.233. The Morgan fingerprint density at radius 1 is 1.08 bits per heavy atom. The Morgan fingerprint density at radius 2 is 1.81 bits per heavy atom. The fourth-order valence-electron chi connectivity index (χ4n) is 4.39. The molecule has 1 unspecified atom stereocenters. The van der Waals surface area contributed by atoms with Crippen molar-refractivity contribution in [2.45, 2.75) is 35.7 Å². The molecule has 4 rings (SSSR count). The Balaban J connectivity index is 1.79. The second-order valence-corrected chi connectivity index (χ2v) is 10.5. The van der Waals surface area contributed by atoms with E-state index in [0.29, 0.717) is 22.9 Å². The Hall–Kier alpha value is -3.54. The predicted molar refractivity (Wildman–Crippen MR) is 125 cm³/mol. The number of hydrogen-bond acceptors (Lipinski definition) is 7. The number of hydrogen-bond donors (Lipinski definition) is 0. The minimum atomic E-state index is -4.86. The fraction of sp³-hybridized carbons (Fsp3) is 0.333. The lowest BCUT2D eigenvalue weighted by atomic mass is 10.2. The van der Waals surface area contributed by atoms with Crippen molar-refractivity contribution in [3.05, 3.63) is 65.9 Å². The van der Waals surface area contributed by atoms with Crippen LogP contribution >= 0.6 is 0 Å². The summed E-state index contributed by atoms with van der Waals surface area (Å²) in [6.45, 7) is 1.50. The smallest absolute Gasteiger partial charge is 0.417 e. The molecule has 0 radical (unpaired) electrons. The number of ether oxygens (including phenoxy) is 2. The molecule has 0 bridgehead atoms. The van der Waals surface area contributed by atoms with Crippen LogP contribution < -0.4 is 9.64 Å². The molecule has 0 saturated carbocycles. The number of anilines is 1. The molecule has 1 saturated heterocycles. The lowest BCUT2D eigenvalue weighted by Gasteiger charge is -2.25. The largest absolute Gasteiger partial charge is 0.497 e. The fourth-order valence-corrected chi connectivity index (χ4v) is 6.30. The van der Waals surface area contributed by atoms with Crippen molar-refractivity contribution in [2.24, 2.45) is 0 Å². The summed E-state index contributed by atoms with van der Waals surface area (Å²) in [4.78, 5) is 13.4. The number of nitrogens with zero attached hydrogens (tertiary/aromatic N) is 3. The van der Waals surface area contributed by atoms with E-state index in [-0.39, 0.29) is 13.0 Å². The number of aromatic nitrogens is 2. The van der Waals surface area contributed by atoms with Gasteiger partial charge in [-0.25, -0.2) is 17.9 Å². The van der Waals surface area contributed by atoms with Crippen molar-refractivity contribution in [1.29, 1.82) is 0 Å². The van der Waals surface area contributed by atoms with Gasteiger partial charge in [-0.15, -0.1) is 0 Å². The zero-order chi connectivity index (χ0) is 26.3. The first kappa shape index (κ1) is 25.5. The first-order valence-corrected chi connectivity index (χ1v) is 12.5. The van der Waals surface area contributed by atoms with Gasteiger partial charge >= 0.3 is 12.1 Å². The molecule has 8 nitrogen and oxygen atoms in total. The number of halogens is 3. The van der Waals surface area contributed by atoms with E-state index in [2.05, 4.69) is 5.10 Å². The van der Waals surface area contributed by atoms with E-state index in [1.165, 1.54) is 29.9 Å². The van der Waals surface area contributed by atoms with Crippen LogP contribution in [0.1, 0.15) is 17.7 Å². The third-order valence-electron chi connectivity index (χ3n) is 6.08. The summed E-state index contributed by atoms with van der Waals surface area (Å²) in [6.07, 6.45) is -5.10. The number of methoxy groups -OCH3 is 2. The van der Waals surface area contributed by atoms with Crippen LogP contribution in [0.15, 0.2) is 59.5 Å². The quantitative estimate of drug-likeness (QED) is 0.454. The number of esters is 1. The molecule has 1 aliphatic heterocycles. The van der Waals surface area contributed by atoms with Crippen molar-refractivity contribution in [3.63, 3.8) is 0 Å². The van der Waals surface area contributed by atoms with E-state index >= 15 is 0 Å². The molecule has 36 heavy (non-hydrogen) atoms. The predicted octanol–water partition coefficient (Wildman–Crippen LogP) is 3.80. The molecular weight excluding hydrogens is 499 g/mol. The molecule has 0 spiro atoms. The highest BCUT2D eigenvalue weighted by Gasteiger charge is 2.47. The maximum Gasteiger partial charge on any atom is 0.417 e. The van der Waals surface area contributed by atoms with Crippen molar-refractivity contribution >= 4 is 21.6 Å². The summed E-state index contributed by atoms with van der Waals surface area (Å²) >= 11 is 0. The molecule has 1 fully saturated rings. The number of benzene rings is 2. The van der Waals surface area contributed by atoms with Crippen LogP contribution in [0.5, 0.6) is 5.75 Å². The SMILES string of the molecule is COC(=O)C1C[C@@H](S(=O)(=O)c2ccccc2C(F)(F)F)CN1c1cc(C)nn1-c1cccc(OC)c1. The van der Waals surface area contributed by atoms with Crippen LogP contribution in [-0.4, -0.2) is 56.2 Å². The molecule has 12 heteroatoms. The molecule has 2 atom stereocenters. The van der Waals surface area contributed by atoms with Gasteiger partial charge in [-0.05, 0) is 37.6 Å². The van der Waals surface area contributed by atoms with Gasteiger partial charge in [0, 0.05) is 18.7 Å². The van der Waals surface area contributed by atoms with Crippen LogP contribution in [0.25, 0.3) is 5.69 Å². The molecule has 0 N–H and O–H groups in total. The zero-order valence-corrected chi connectivity index (χ0v) is 20.5. The van der Waals surface area contributed by atoms with Gasteiger partial charge in [0.25, 0.3) is 0 Å².